The van der Waals surface area contributed by atoms with Gasteiger partial charge in [-0.2, -0.15) is 0 Å². The first-order chi connectivity index (χ1) is 4.47. The van der Waals surface area contributed by atoms with E-state index in [2.05, 4.69) is 17.2 Å². The number of aromatic amines is 1. The van der Waals surface area contributed by atoms with Gasteiger partial charge in [0.15, 0.2) is 12.4 Å². The average Bonchev–Trinajstić information content (AvgIpc) is 2.33. The average molecular weight is 120 g/mol. The second kappa shape index (κ2) is 1.83. The molecule has 0 unspecified atom stereocenters. The molecule has 0 fully saturated rings. The van der Waals surface area contributed by atoms with Gasteiger partial charge in [0.25, 0.3) is 0 Å². The Morgan fingerprint density at radius 1 is 1.22 bits per heavy atom. The Kier molecular flexibility index (Phi) is 1.01. The molecule has 0 bridgehead atoms. The van der Waals surface area contributed by atoms with E-state index in [4.69, 9.17) is 0 Å². The highest BCUT2D eigenvalue weighted by Gasteiger charge is 2.10. The molecule has 0 saturated carbocycles. The summed E-state index contributed by atoms with van der Waals surface area (Å²) in [5, 5.41) is 0. The van der Waals surface area contributed by atoms with E-state index < -0.39 is 0 Å². The molecule has 0 amide bonds. The third kappa shape index (κ3) is 0.727. The van der Waals surface area contributed by atoms with Crippen LogP contribution in [0.1, 0.15) is 17.5 Å². The highest BCUT2D eigenvalue weighted by Crippen LogP contribution is 2.18. The van der Waals surface area contributed by atoms with Gasteiger partial charge in [-0.25, -0.2) is 4.98 Å². The van der Waals surface area contributed by atoms with Gasteiger partial charge in [-0.1, -0.05) is 0 Å². The van der Waals surface area contributed by atoms with E-state index in [1.165, 1.54) is 30.4 Å². The summed E-state index contributed by atoms with van der Waals surface area (Å²) in [6.07, 6.45) is 8.01. The largest absolute Gasteiger partial charge is 0.218 e. The monoisotopic (exact) mass is 120 g/mol. The van der Waals surface area contributed by atoms with Gasteiger partial charge in [0.2, 0.25) is 0 Å². The van der Waals surface area contributed by atoms with Crippen molar-refractivity contribution in [1.82, 2.24) is 0 Å². The molecule has 9 heavy (non-hydrogen) atoms. The third-order valence-corrected chi connectivity index (χ3v) is 1.94. The predicted octanol–water partition coefficient (Wildman–Crippen LogP) is 0.989. The Labute approximate surface area is 54.7 Å². The Morgan fingerprint density at radius 2 is 2.11 bits per heavy atom. The molecule has 1 N–H and O–H groups in total. The summed E-state index contributed by atoms with van der Waals surface area (Å²) in [6.45, 7) is 0. The van der Waals surface area contributed by atoms with Crippen LogP contribution in [0.15, 0.2) is 18.5 Å². The first kappa shape index (κ1) is 4.98. The molecule has 0 saturated heterocycles. The van der Waals surface area contributed by atoms with E-state index in [0.717, 1.165) is 0 Å². The number of pyridine rings is 1. The van der Waals surface area contributed by atoms with Gasteiger partial charge in [0, 0.05) is 11.6 Å². The minimum atomic E-state index is 1.27. The lowest BCUT2D eigenvalue weighted by Gasteiger charge is -1.87. The van der Waals surface area contributed by atoms with E-state index in [1.54, 1.807) is 0 Å². The molecule has 46 valence electrons. The van der Waals surface area contributed by atoms with Crippen LogP contribution in [0.4, 0.5) is 0 Å². The van der Waals surface area contributed by atoms with Crippen molar-refractivity contribution in [3.63, 3.8) is 0 Å². The number of hydrogen-bond donors (Lipinski definition) is 0. The number of nitrogens with one attached hydrogen (secondary N) is 1. The van der Waals surface area contributed by atoms with E-state index in [-0.39, 0.29) is 0 Å². The summed E-state index contributed by atoms with van der Waals surface area (Å²) in [5.74, 6) is 0. The molecule has 0 spiro atoms. The van der Waals surface area contributed by atoms with Crippen LogP contribution in [-0.2, 0) is 12.8 Å². The summed E-state index contributed by atoms with van der Waals surface area (Å²) in [5.41, 5.74) is 3.05. The topological polar surface area (TPSA) is 14.1 Å². The molecule has 1 aliphatic rings. The molecular weight excluding hydrogens is 110 g/mol. The summed E-state index contributed by atoms with van der Waals surface area (Å²) < 4.78 is 0. The predicted molar refractivity (Wildman–Crippen MR) is 35.0 cm³/mol. The molecule has 0 atom stereocenters. The maximum absolute atomic E-state index is 3.09. The van der Waals surface area contributed by atoms with Crippen LogP contribution in [-0.4, -0.2) is 0 Å². The van der Waals surface area contributed by atoms with Crippen LogP contribution in [0.2, 0.25) is 0 Å². The van der Waals surface area contributed by atoms with Gasteiger partial charge >= 0.3 is 0 Å². The van der Waals surface area contributed by atoms with Crippen LogP contribution in [0.5, 0.6) is 0 Å². The van der Waals surface area contributed by atoms with E-state index >= 15 is 0 Å². The van der Waals surface area contributed by atoms with E-state index in [9.17, 15) is 0 Å². The van der Waals surface area contributed by atoms with Gasteiger partial charge in [-0.15, -0.1) is 0 Å². The van der Waals surface area contributed by atoms with Crippen LogP contribution < -0.4 is 4.98 Å². The molecule has 0 aliphatic heterocycles. The van der Waals surface area contributed by atoms with E-state index in [0.29, 0.717) is 0 Å². The van der Waals surface area contributed by atoms with Crippen LogP contribution >= 0.6 is 0 Å². The molecule has 1 heteroatoms. The summed E-state index contributed by atoms with van der Waals surface area (Å²) in [4.78, 5) is 3.09. The normalized spacial score (nSPS) is 15.6. The number of aryl methyl sites for hydroxylation is 2. The molecule has 0 aromatic carbocycles. The number of rotatable bonds is 0. The van der Waals surface area contributed by atoms with Crippen LogP contribution in [0.3, 0.4) is 0 Å². The van der Waals surface area contributed by atoms with Crippen molar-refractivity contribution in [2.75, 3.05) is 0 Å². The van der Waals surface area contributed by atoms with Crippen molar-refractivity contribution in [2.24, 2.45) is 0 Å². The van der Waals surface area contributed by atoms with Crippen molar-refractivity contribution in [3.05, 3.63) is 29.6 Å². The highest BCUT2D eigenvalue weighted by atomic mass is 14.6. The van der Waals surface area contributed by atoms with Crippen molar-refractivity contribution in [1.29, 1.82) is 0 Å². The zero-order valence-electron chi connectivity index (χ0n) is 5.35. The Hall–Kier alpha value is -0.850. The van der Waals surface area contributed by atoms with Crippen molar-refractivity contribution < 1.29 is 4.98 Å². The lowest BCUT2D eigenvalue weighted by atomic mass is 10.2. The summed E-state index contributed by atoms with van der Waals surface area (Å²) >= 11 is 0. The first-order valence-electron chi connectivity index (χ1n) is 3.45. The Morgan fingerprint density at radius 3 is 3.00 bits per heavy atom. The second-order valence-electron chi connectivity index (χ2n) is 2.55. The fourth-order valence-corrected chi connectivity index (χ4v) is 1.44. The van der Waals surface area contributed by atoms with Crippen LogP contribution in [0, 0.1) is 0 Å². The second-order valence-corrected chi connectivity index (χ2v) is 2.55. The number of hydrogen-bond acceptors (Lipinski definition) is 0. The maximum atomic E-state index is 3.09. The Balaban J connectivity index is 2.54. The molecular formula is C8H10N+. The Bertz CT molecular complexity index is 195. The standard InChI is InChI=1S/C8H9N/c1-2-7-4-5-9-6-8(7)3-1/h4-6H,1-3H2/p+1. The fraction of sp³-hybridized carbons (Fsp3) is 0.375. The minimum absolute atomic E-state index is 1.27. The zero-order chi connectivity index (χ0) is 6.10. The third-order valence-electron chi connectivity index (χ3n) is 1.94. The molecule has 2 rings (SSSR count). The minimum Gasteiger partial charge on any atom is -0.218 e. The maximum Gasteiger partial charge on any atom is 0.170 e. The van der Waals surface area contributed by atoms with Gasteiger partial charge in [-0.05, 0) is 24.8 Å². The van der Waals surface area contributed by atoms with Gasteiger partial charge < -0.3 is 0 Å². The number of fused-ring (bicyclic) bond motifs is 1. The van der Waals surface area contributed by atoms with Crippen LogP contribution in [0.25, 0.3) is 0 Å². The van der Waals surface area contributed by atoms with Gasteiger partial charge in [-0.3, -0.25) is 0 Å². The van der Waals surface area contributed by atoms with E-state index in [1.807, 2.05) is 6.20 Å². The molecule has 1 heterocycles. The molecule has 1 nitrogen and oxygen atoms in total. The number of aromatic nitrogens is 1. The SMILES string of the molecule is c1cc2c(c[nH+]1)CCC2. The van der Waals surface area contributed by atoms with Crippen molar-refractivity contribution in [3.8, 4) is 0 Å². The smallest absolute Gasteiger partial charge is 0.170 e. The molecule has 1 aromatic rings. The first-order valence-corrected chi connectivity index (χ1v) is 3.45. The van der Waals surface area contributed by atoms with Gasteiger partial charge in [0.05, 0.1) is 0 Å². The highest BCUT2D eigenvalue weighted by molar-refractivity contribution is 5.25. The lowest BCUT2D eigenvalue weighted by Crippen LogP contribution is -2.00. The lowest BCUT2D eigenvalue weighted by molar-refractivity contribution is -0.378. The molecule has 1 aromatic heterocycles. The van der Waals surface area contributed by atoms with Crippen molar-refractivity contribution >= 4 is 0 Å². The summed E-state index contributed by atoms with van der Waals surface area (Å²) in [7, 11) is 0. The number of H-pyrrole nitrogens is 1. The fourth-order valence-electron chi connectivity index (χ4n) is 1.44. The zero-order valence-corrected chi connectivity index (χ0v) is 5.35. The molecule has 0 radical (unpaired) electrons. The quantitative estimate of drug-likeness (QED) is 0.485. The summed E-state index contributed by atoms with van der Waals surface area (Å²) in [6, 6.07) is 2.18. The van der Waals surface area contributed by atoms with Crippen molar-refractivity contribution in [2.45, 2.75) is 19.3 Å². The van der Waals surface area contributed by atoms with Gasteiger partial charge in [0.1, 0.15) is 0 Å². The molecule has 1 aliphatic carbocycles.